The Morgan fingerprint density at radius 1 is 1.33 bits per heavy atom. The number of rotatable bonds is 2. The molecule has 0 bridgehead atoms. The van der Waals surface area contributed by atoms with Gasteiger partial charge in [-0.2, -0.15) is 0 Å². The standard InChI is InChI=1S/C13H18N4O/c1-14-10-3-2-4-11-12(10)16-13(18)17(11)9-5-7-15-8-6-9/h2-4,9,14-15H,5-8H2,1H3,(H,16,18). The van der Waals surface area contributed by atoms with Gasteiger partial charge in [-0.1, -0.05) is 6.07 Å². The van der Waals surface area contributed by atoms with Crippen LogP contribution in [0.4, 0.5) is 5.69 Å². The highest BCUT2D eigenvalue weighted by Crippen LogP contribution is 2.25. The lowest BCUT2D eigenvalue weighted by Gasteiger charge is -2.23. The number of para-hydroxylation sites is 1. The topological polar surface area (TPSA) is 61.9 Å². The number of anilines is 1. The summed E-state index contributed by atoms with van der Waals surface area (Å²) < 4.78 is 1.91. The summed E-state index contributed by atoms with van der Waals surface area (Å²) in [6, 6.07) is 6.28. The van der Waals surface area contributed by atoms with Crippen LogP contribution in [0.3, 0.4) is 0 Å². The van der Waals surface area contributed by atoms with Gasteiger partial charge in [-0.3, -0.25) is 4.57 Å². The maximum absolute atomic E-state index is 12.2. The minimum atomic E-state index is -0.000370. The van der Waals surface area contributed by atoms with Crippen molar-refractivity contribution < 1.29 is 0 Å². The number of nitrogens with one attached hydrogen (secondary N) is 3. The van der Waals surface area contributed by atoms with Crippen LogP contribution in [-0.4, -0.2) is 29.7 Å². The molecule has 0 saturated carbocycles. The van der Waals surface area contributed by atoms with Crippen molar-refractivity contribution >= 4 is 16.7 Å². The van der Waals surface area contributed by atoms with Crippen LogP contribution in [0.5, 0.6) is 0 Å². The van der Waals surface area contributed by atoms with Crippen LogP contribution in [0.1, 0.15) is 18.9 Å². The highest BCUT2D eigenvalue weighted by atomic mass is 16.1. The number of hydrogen-bond acceptors (Lipinski definition) is 3. The van der Waals surface area contributed by atoms with Crippen LogP contribution in [-0.2, 0) is 0 Å². The van der Waals surface area contributed by atoms with Gasteiger partial charge in [0, 0.05) is 13.1 Å². The van der Waals surface area contributed by atoms with Crippen molar-refractivity contribution in [3.8, 4) is 0 Å². The number of fused-ring (bicyclic) bond motifs is 1. The molecule has 2 aromatic rings. The molecular formula is C13H18N4O. The maximum Gasteiger partial charge on any atom is 0.326 e. The molecule has 0 unspecified atom stereocenters. The Labute approximate surface area is 105 Å². The van der Waals surface area contributed by atoms with Crippen LogP contribution in [0.25, 0.3) is 11.0 Å². The average molecular weight is 246 g/mol. The van der Waals surface area contributed by atoms with Gasteiger partial charge in [0.05, 0.1) is 16.7 Å². The zero-order chi connectivity index (χ0) is 12.5. The minimum absolute atomic E-state index is 0.000370. The number of aromatic nitrogens is 2. The molecule has 3 rings (SSSR count). The Hall–Kier alpha value is -1.75. The first-order chi connectivity index (χ1) is 8.81. The Morgan fingerprint density at radius 2 is 2.11 bits per heavy atom. The molecule has 0 amide bonds. The van der Waals surface area contributed by atoms with Gasteiger partial charge < -0.3 is 15.6 Å². The lowest BCUT2D eigenvalue weighted by Crippen LogP contribution is -2.33. The Morgan fingerprint density at radius 3 is 2.83 bits per heavy atom. The number of imidazole rings is 1. The molecule has 1 aliphatic rings. The van der Waals surface area contributed by atoms with Crippen LogP contribution in [0.2, 0.25) is 0 Å². The molecule has 18 heavy (non-hydrogen) atoms. The largest absolute Gasteiger partial charge is 0.386 e. The summed E-state index contributed by atoms with van der Waals surface area (Å²) in [5.41, 5.74) is 2.87. The van der Waals surface area contributed by atoms with Crippen molar-refractivity contribution in [2.24, 2.45) is 0 Å². The summed E-state index contributed by atoms with van der Waals surface area (Å²) in [5, 5.41) is 6.45. The van der Waals surface area contributed by atoms with Crippen LogP contribution in [0.15, 0.2) is 23.0 Å². The SMILES string of the molecule is CNc1cccc2c1[nH]c(=O)n2C1CCNCC1. The lowest BCUT2D eigenvalue weighted by molar-refractivity contribution is 0.368. The average Bonchev–Trinajstić information content (AvgIpc) is 2.75. The predicted octanol–water partition coefficient (Wildman–Crippen LogP) is 1.30. The summed E-state index contributed by atoms with van der Waals surface area (Å²) >= 11 is 0. The van der Waals surface area contributed by atoms with E-state index in [0.717, 1.165) is 42.7 Å². The first kappa shape index (κ1) is 11.3. The zero-order valence-corrected chi connectivity index (χ0v) is 10.5. The van der Waals surface area contributed by atoms with Crippen LogP contribution >= 0.6 is 0 Å². The summed E-state index contributed by atoms with van der Waals surface area (Å²) in [6.45, 7) is 1.96. The van der Waals surface area contributed by atoms with Gasteiger partial charge in [0.25, 0.3) is 0 Å². The smallest absolute Gasteiger partial charge is 0.326 e. The van der Waals surface area contributed by atoms with E-state index in [2.05, 4.69) is 15.6 Å². The van der Waals surface area contributed by atoms with Crippen molar-refractivity contribution in [2.45, 2.75) is 18.9 Å². The molecule has 1 fully saturated rings. The van der Waals surface area contributed by atoms with Gasteiger partial charge in [-0.05, 0) is 38.1 Å². The van der Waals surface area contributed by atoms with E-state index in [-0.39, 0.29) is 5.69 Å². The number of aromatic amines is 1. The molecule has 5 heteroatoms. The Balaban J connectivity index is 2.16. The molecule has 1 aliphatic heterocycles. The highest BCUT2D eigenvalue weighted by Gasteiger charge is 2.20. The fourth-order valence-corrected chi connectivity index (χ4v) is 2.78. The van der Waals surface area contributed by atoms with Crippen LogP contribution in [0, 0.1) is 0 Å². The second-order valence-electron chi connectivity index (χ2n) is 4.73. The van der Waals surface area contributed by atoms with E-state index >= 15 is 0 Å². The van der Waals surface area contributed by atoms with Crippen molar-refractivity contribution in [3.05, 3.63) is 28.7 Å². The van der Waals surface area contributed by atoms with Crippen molar-refractivity contribution in [3.63, 3.8) is 0 Å². The predicted molar refractivity (Wildman–Crippen MR) is 73.2 cm³/mol. The van der Waals surface area contributed by atoms with Crippen molar-refractivity contribution in [1.29, 1.82) is 0 Å². The molecule has 0 atom stereocenters. The third-order valence-electron chi connectivity index (χ3n) is 3.70. The minimum Gasteiger partial charge on any atom is -0.386 e. The van der Waals surface area contributed by atoms with Gasteiger partial charge in [-0.15, -0.1) is 0 Å². The van der Waals surface area contributed by atoms with Gasteiger partial charge in [-0.25, -0.2) is 4.79 Å². The van der Waals surface area contributed by atoms with E-state index in [1.165, 1.54) is 0 Å². The third kappa shape index (κ3) is 1.71. The van der Waals surface area contributed by atoms with Gasteiger partial charge in [0.1, 0.15) is 0 Å². The molecule has 0 aliphatic carbocycles. The van der Waals surface area contributed by atoms with Gasteiger partial charge >= 0.3 is 5.69 Å². The second kappa shape index (κ2) is 4.49. The molecule has 1 aromatic carbocycles. The molecule has 2 heterocycles. The first-order valence-corrected chi connectivity index (χ1v) is 6.43. The van der Waals surface area contributed by atoms with Gasteiger partial charge in [0.15, 0.2) is 0 Å². The Kier molecular flexibility index (Phi) is 2.83. The summed E-state index contributed by atoms with van der Waals surface area (Å²) in [6.07, 6.45) is 2.02. The van der Waals surface area contributed by atoms with E-state index in [0.29, 0.717) is 6.04 Å². The molecule has 0 spiro atoms. The first-order valence-electron chi connectivity index (χ1n) is 6.43. The summed E-state index contributed by atoms with van der Waals surface area (Å²) in [4.78, 5) is 15.1. The molecule has 3 N–H and O–H groups in total. The van der Waals surface area contributed by atoms with E-state index < -0.39 is 0 Å². The molecule has 5 nitrogen and oxygen atoms in total. The second-order valence-corrected chi connectivity index (χ2v) is 4.73. The highest BCUT2D eigenvalue weighted by molar-refractivity contribution is 5.88. The van der Waals surface area contributed by atoms with Crippen molar-refractivity contribution in [2.75, 3.05) is 25.5 Å². The fraction of sp³-hybridized carbons (Fsp3) is 0.462. The van der Waals surface area contributed by atoms with E-state index in [1.54, 1.807) is 0 Å². The molecule has 0 radical (unpaired) electrons. The third-order valence-corrected chi connectivity index (χ3v) is 3.70. The number of H-pyrrole nitrogens is 1. The molecule has 1 aromatic heterocycles. The van der Waals surface area contributed by atoms with Crippen LogP contribution < -0.4 is 16.3 Å². The normalized spacial score (nSPS) is 17.2. The molecule has 1 saturated heterocycles. The van der Waals surface area contributed by atoms with E-state index in [4.69, 9.17) is 0 Å². The fourth-order valence-electron chi connectivity index (χ4n) is 2.78. The lowest BCUT2D eigenvalue weighted by atomic mass is 10.1. The maximum atomic E-state index is 12.2. The number of benzene rings is 1. The summed E-state index contributed by atoms with van der Waals surface area (Å²) in [7, 11) is 1.87. The van der Waals surface area contributed by atoms with Gasteiger partial charge in [0.2, 0.25) is 0 Å². The zero-order valence-electron chi connectivity index (χ0n) is 10.5. The monoisotopic (exact) mass is 246 g/mol. The molecule has 96 valence electrons. The van der Waals surface area contributed by atoms with E-state index in [1.807, 2.05) is 29.8 Å². The molecular weight excluding hydrogens is 228 g/mol. The number of hydrogen-bond donors (Lipinski definition) is 3. The van der Waals surface area contributed by atoms with Crippen molar-refractivity contribution in [1.82, 2.24) is 14.9 Å². The quantitative estimate of drug-likeness (QED) is 0.748. The number of piperidine rings is 1. The Bertz CT molecular complexity index is 607. The number of nitrogens with zero attached hydrogens (tertiary/aromatic N) is 1. The van der Waals surface area contributed by atoms with E-state index in [9.17, 15) is 4.79 Å². The summed E-state index contributed by atoms with van der Waals surface area (Å²) in [5.74, 6) is 0.